The van der Waals surface area contributed by atoms with Crippen LogP contribution in [0.4, 0.5) is 0 Å². The highest BCUT2D eigenvalue weighted by atomic mass is 16.3. The first-order chi connectivity index (χ1) is 8.16. The molecular weight excluding hydrogens is 218 g/mol. The maximum atomic E-state index is 12.0. The number of hydrogen-bond acceptors (Lipinski definition) is 3. The van der Waals surface area contributed by atoms with Gasteiger partial charge in [-0.15, -0.1) is 0 Å². The van der Waals surface area contributed by atoms with Gasteiger partial charge in [0.2, 0.25) is 0 Å². The van der Waals surface area contributed by atoms with Crippen LogP contribution >= 0.6 is 0 Å². The SMILES string of the molecule is CN(Cc1ccco1)C(=O)c1ccc(O)cc1. The maximum absolute atomic E-state index is 12.0. The third-order valence-corrected chi connectivity index (χ3v) is 2.43. The summed E-state index contributed by atoms with van der Waals surface area (Å²) in [6.07, 6.45) is 1.58. The van der Waals surface area contributed by atoms with Crippen LogP contribution < -0.4 is 0 Å². The molecule has 1 aromatic heterocycles. The lowest BCUT2D eigenvalue weighted by Gasteiger charge is -2.15. The average molecular weight is 231 g/mol. The lowest BCUT2D eigenvalue weighted by Crippen LogP contribution is -2.25. The Morgan fingerprint density at radius 3 is 2.59 bits per heavy atom. The van der Waals surface area contributed by atoms with Crippen molar-refractivity contribution >= 4 is 5.91 Å². The Hall–Kier alpha value is -2.23. The van der Waals surface area contributed by atoms with E-state index in [0.29, 0.717) is 12.1 Å². The zero-order valence-electron chi connectivity index (χ0n) is 9.46. The fourth-order valence-electron chi connectivity index (χ4n) is 1.53. The molecule has 1 heterocycles. The third kappa shape index (κ3) is 2.66. The lowest BCUT2D eigenvalue weighted by atomic mass is 10.2. The Morgan fingerprint density at radius 2 is 2.00 bits per heavy atom. The van der Waals surface area contributed by atoms with Crippen LogP contribution in [0.15, 0.2) is 47.1 Å². The Labute approximate surface area is 99.1 Å². The molecule has 0 saturated heterocycles. The van der Waals surface area contributed by atoms with E-state index in [4.69, 9.17) is 9.52 Å². The van der Waals surface area contributed by atoms with Crippen molar-refractivity contribution in [2.45, 2.75) is 6.54 Å². The molecule has 1 amide bonds. The van der Waals surface area contributed by atoms with Crippen LogP contribution in [-0.4, -0.2) is 23.0 Å². The summed E-state index contributed by atoms with van der Waals surface area (Å²) in [6.45, 7) is 0.423. The summed E-state index contributed by atoms with van der Waals surface area (Å²) >= 11 is 0. The van der Waals surface area contributed by atoms with E-state index in [0.717, 1.165) is 5.76 Å². The van der Waals surface area contributed by atoms with Gasteiger partial charge >= 0.3 is 0 Å². The number of benzene rings is 1. The summed E-state index contributed by atoms with van der Waals surface area (Å²) in [5.41, 5.74) is 0.539. The number of phenolic OH excluding ortho intramolecular Hbond substituents is 1. The highest BCUT2D eigenvalue weighted by molar-refractivity contribution is 5.94. The normalized spacial score (nSPS) is 10.2. The molecule has 4 nitrogen and oxygen atoms in total. The molecule has 0 saturated carbocycles. The monoisotopic (exact) mass is 231 g/mol. The molecule has 17 heavy (non-hydrogen) atoms. The molecule has 2 rings (SSSR count). The molecular formula is C13H13NO3. The fourth-order valence-corrected chi connectivity index (χ4v) is 1.53. The van der Waals surface area contributed by atoms with Crippen molar-refractivity contribution in [2.24, 2.45) is 0 Å². The second kappa shape index (κ2) is 4.74. The van der Waals surface area contributed by atoms with Crippen molar-refractivity contribution in [3.8, 4) is 5.75 Å². The number of amides is 1. The number of carbonyl (C=O) groups excluding carboxylic acids is 1. The van der Waals surface area contributed by atoms with Gasteiger partial charge in [-0.3, -0.25) is 4.79 Å². The largest absolute Gasteiger partial charge is 0.508 e. The van der Waals surface area contributed by atoms with E-state index >= 15 is 0 Å². The van der Waals surface area contributed by atoms with Crippen LogP contribution in [0.1, 0.15) is 16.1 Å². The van der Waals surface area contributed by atoms with E-state index in [1.165, 1.54) is 12.1 Å². The van der Waals surface area contributed by atoms with Gasteiger partial charge in [-0.25, -0.2) is 0 Å². The second-order valence-corrected chi connectivity index (χ2v) is 3.79. The van der Waals surface area contributed by atoms with Gasteiger partial charge in [0.1, 0.15) is 11.5 Å². The first kappa shape index (κ1) is 11.3. The van der Waals surface area contributed by atoms with Gasteiger partial charge in [0.05, 0.1) is 12.8 Å². The van der Waals surface area contributed by atoms with Crippen molar-refractivity contribution in [3.05, 3.63) is 54.0 Å². The molecule has 0 radical (unpaired) electrons. The lowest BCUT2D eigenvalue weighted by molar-refractivity contribution is 0.0775. The predicted octanol–water partition coefficient (Wildman–Crippen LogP) is 2.26. The molecule has 0 aliphatic carbocycles. The molecule has 1 N–H and O–H groups in total. The third-order valence-electron chi connectivity index (χ3n) is 2.43. The quantitative estimate of drug-likeness (QED) is 0.881. The van der Waals surface area contributed by atoms with Crippen molar-refractivity contribution in [3.63, 3.8) is 0 Å². The van der Waals surface area contributed by atoms with Gasteiger partial charge in [0.15, 0.2) is 0 Å². The molecule has 0 aliphatic heterocycles. The van der Waals surface area contributed by atoms with Crippen LogP contribution in [0.5, 0.6) is 5.75 Å². The Bertz CT molecular complexity index is 488. The summed E-state index contributed by atoms with van der Waals surface area (Å²) in [5, 5.41) is 9.14. The standard InChI is InChI=1S/C13H13NO3/c1-14(9-12-3-2-8-17-12)13(16)10-4-6-11(15)7-5-10/h2-8,15H,9H2,1H3. The fraction of sp³-hybridized carbons (Fsp3) is 0.154. The first-order valence-electron chi connectivity index (χ1n) is 5.23. The Kier molecular flexibility index (Phi) is 3.14. The predicted molar refractivity (Wildman–Crippen MR) is 62.6 cm³/mol. The van der Waals surface area contributed by atoms with Crippen LogP contribution in [0.2, 0.25) is 0 Å². The van der Waals surface area contributed by atoms with Gasteiger partial charge in [0, 0.05) is 12.6 Å². The van der Waals surface area contributed by atoms with E-state index < -0.39 is 0 Å². The number of hydrogen-bond donors (Lipinski definition) is 1. The number of carbonyl (C=O) groups is 1. The smallest absolute Gasteiger partial charge is 0.254 e. The molecule has 0 unspecified atom stereocenters. The van der Waals surface area contributed by atoms with E-state index in [1.54, 1.807) is 36.4 Å². The van der Waals surface area contributed by atoms with Gasteiger partial charge in [-0.2, -0.15) is 0 Å². The highest BCUT2D eigenvalue weighted by Crippen LogP contribution is 2.12. The van der Waals surface area contributed by atoms with Gasteiger partial charge < -0.3 is 14.4 Å². The minimum atomic E-state index is -0.110. The van der Waals surface area contributed by atoms with Gasteiger partial charge in [-0.05, 0) is 36.4 Å². The zero-order valence-corrected chi connectivity index (χ0v) is 9.46. The number of aromatic hydroxyl groups is 1. The second-order valence-electron chi connectivity index (χ2n) is 3.79. The highest BCUT2D eigenvalue weighted by Gasteiger charge is 2.12. The summed E-state index contributed by atoms with van der Waals surface area (Å²) in [6, 6.07) is 9.78. The minimum Gasteiger partial charge on any atom is -0.508 e. The molecule has 0 spiro atoms. The molecule has 0 aliphatic rings. The Balaban J connectivity index is 2.07. The molecule has 0 bridgehead atoms. The number of nitrogens with zero attached hydrogens (tertiary/aromatic N) is 1. The zero-order chi connectivity index (χ0) is 12.3. The van der Waals surface area contributed by atoms with Crippen molar-refractivity contribution in [1.29, 1.82) is 0 Å². The summed E-state index contributed by atoms with van der Waals surface area (Å²) in [7, 11) is 1.71. The maximum Gasteiger partial charge on any atom is 0.254 e. The van der Waals surface area contributed by atoms with E-state index in [1.807, 2.05) is 6.07 Å². The van der Waals surface area contributed by atoms with E-state index in [9.17, 15) is 4.79 Å². The van der Waals surface area contributed by atoms with Gasteiger partial charge in [0.25, 0.3) is 5.91 Å². The molecule has 4 heteroatoms. The molecule has 88 valence electrons. The first-order valence-corrected chi connectivity index (χ1v) is 5.23. The van der Waals surface area contributed by atoms with Crippen molar-refractivity contribution in [2.75, 3.05) is 7.05 Å². The topological polar surface area (TPSA) is 53.7 Å². The van der Waals surface area contributed by atoms with Crippen LogP contribution in [0, 0.1) is 0 Å². The Morgan fingerprint density at radius 1 is 1.29 bits per heavy atom. The minimum absolute atomic E-state index is 0.110. The summed E-state index contributed by atoms with van der Waals surface area (Å²) < 4.78 is 5.18. The summed E-state index contributed by atoms with van der Waals surface area (Å²) in [5.74, 6) is 0.774. The van der Waals surface area contributed by atoms with Crippen LogP contribution in [-0.2, 0) is 6.54 Å². The van der Waals surface area contributed by atoms with E-state index in [-0.39, 0.29) is 11.7 Å². The van der Waals surface area contributed by atoms with Crippen LogP contribution in [0.25, 0.3) is 0 Å². The van der Waals surface area contributed by atoms with Crippen molar-refractivity contribution in [1.82, 2.24) is 4.90 Å². The van der Waals surface area contributed by atoms with Gasteiger partial charge in [-0.1, -0.05) is 0 Å². The summed E-state index contributed by atoms with van der Waals surface area (Å²) in [4.78, 5) is 13.5. The number of phenols is 1. The molecule has 0 atom stereocenters. The van der Waals surface area contributed by atoms with Crippen molar-refractivity contribution < 1.29 is 14.3 Å². The molecule has 0 fully saturated rings. The average Bonchev–Trinajstić information content (AvgIpc) is 2.82. The number of rotatable bonds is 3. The van der Waals surface area contributed by atoms with Crippen LogP contribution in [0.3, 0.4) is 0 Å². The van der Waals surface area contributed by atoms with E-state index in [2.05, 4.69) is 0 Å². The molecule has 2 aromatic rings. The molecule has 1 aromatic carbocycles. The number of furan rings is 1.